The number of carbonyl (C=O) groups excluding carboxylic acids is 3. The Kier molecular flexibility index (Phi) is 6.83. The van der Waals surface area contributed by atoms with Gasteiger partial charge >= 0.3 is 12.1 Å². The molecule has 0 bridgehead atoms. The average molecular weight is 481 g/mol. The standard InChI is InChI=1S/C23H20ClF3N2O4/c1-14-18(20(31)33-2)22(23(25,26)27,28-19(30)16-9-6-10-17(24)13-16)21(32)29(14)12-11-15-7-4-3-5-8-15/h3-10,13H,11-12H2,1-2H3,(H,28,30). The van der Waals surface area contributed by atoms with Crippen LogP contribution in [-0.4, -0.2) is 48.1 Å². The number of benzene rings is 2. The highest BCUT2D eigenvalue weighted by Gasteiger charge is 2.70. The number of hydrogen-bond acceptors (Lipinski definition) is 4. The fraction of sp³-hybridized carbons (Fsp3) is 0.261. The molecule has 0 spiro atoms. The molecule has 0 aromatic heterocycles. The molecular weight excluding hydrogens is 461 g/mol. The van der Waals surface area contributed by atoms with Gasteiger partial charge in [0.25, 0.3) is 17.4 Å². The maximum Gasteiger partial charge on any atom is 0.425 e. The van der Waals surface area contributed by atoms with Gasteiger partial charge in [0, 0.05) is 22.8 Å². The first kappa shape index (κ1) is 24.3. The Morgan fingerprint density at radius 2 is 1.79 bits per heavy atom. The van der Waals surface area contributed by atoms with Gasteiger partial charge in [-0.05, 0) is 37.1 Å². The lowest BCUT2D eigenvalue weighted by atomic mass is 9.88. The molecule has 2 aromatic rings. The van der Waals surface area contributed by atoms with Gasteiger partial charge in [-0.25, -0.2) is 4.79 Å². The predicted octanol–water partition coefficient (Wildman–Crippen LogP) is 3.90. The van der Waals surface area contributed by atoms with Gasteiger partial charge in [-0.2, -0.15) is 13.2 Å². The van der Waals surface area contributed by atoms with Crippen molar-refractivity contribution in [3.63, 3.8) is 0 Å². The van der Waals surface area contributed by atoms with E-state index in [-0.39, 0.29) is 29.2 Å². The number of alkyl halides is 3. The first-order chi connectivity index (χ1) is 15.5. The average Bonchev–Trinajstić information content (AvgIpc) is 2.99. The van der Waals surface area contributed by atoms with E-state index in [0.717, 1.165) is 23.6 Å². The molecule has 1 N–H and O–H groups in total. The van der Waals surface area contributed by atoms with E-state index in [0.29, 0.717) is 0 Å². The number of halogens is 4. The lowest BCUT2D eigenvalue weighted by molar-refractivity contribution is -0.192. The van der Waals surface area contributed by atoms with E-state index in [2.05, 4.69) is 4.74 Å². The smallest absolute Gasteiger partial charge is 0.425 e. The lowest BCUT2D eigenvalue weighted by Crippen LogP contribution is -2.66. The number of allylic oxidation sites excluding steroid dienone is 1. The Labute approximate surface area is 193 Å². The van der Waals surface area contributed by atoms with E-state index in [1.165, 1.54) is 25.1 Å². The molecule has 10 heteroatoms. The second-order valence-electron chi connectivity index (χ2n) is 7.36. The Balaban J connectivity index is 2.07. The summed E-state index contributed by atoms with van der Waals surface area (Å²) in [7, 11) is 0.902. The molecule has 0 fully saturated rings. The summed E-state index contributed by atoms with van der Waals surface area (Å²) < 4.78 is 48.2. The molecule has 0 radical (unpaired) electrons. The zero-order chi connectivity index (χ0) is 24.4. The van der Waals surface area contributed by atoms with Crippen molar-refractivity contribution in [2.24, 2.45) is 0 Å². The summed E-state index contributed by atoms with van der Waals surface area (Å²) in [6.45, 7) is 1.08. The Hall–Kier alpha value is -3.33. The largest absolute Gasteiger partial charge is 0.466 e. The lowest BCUT2D eigenvalue weighted by Gasteiger charge is -2.33. The van der Waals surface area contributed by atoms with Crippen molar-refractivity contribution < 1.29 is 32.3 Å². The molecule has 6 nitrogen and oxygen atoms in total. The van der Waals surface area contributed by atoms with Gasteiger partial charge < -0.3 is 15.0 Å². The van der Waals surface area contributed by atoms with Crippen molar-refractivity contribution in [3.05, 3.63) is 82.0 Å². The number of ether oxygens (including phenoxy) is 1. The van der Waals surface area contributed by atoms with E-state index in [1.807, 2.05) is 0 Å². The van der Waals surface area contributed by atoms with E-state index in [9.17, 15) is 27.6 Å². The number of methoxy groups -OCH3 is 1. The molecule has 1 aliphatic rings. The highest BCUT2D eigenvalue weighted by Crippen LogP contribution is 2.45. The maximum atomic E-state index is 14.5. The summed E-state index contributed by atoms with van der Waals surface area (Å²) in [5.74, 6) is -4.08. The van der Waals surface area contributed by atoms with Gasteiger partial charge in [-0.15, -0.1) is 0 Å². The van der Waals surface area contributed by atoms with Crippen molar-refractivity contribution in [1.82, 2.24) is 10.2 Å². The van der Waals surface area contributed by atoms with E-state index in [4.69, 9.17) is 11.6 Å². The number of hydrogen-bond donors (Lipinski definition) is 1. The van der Waals surface area contributed by atoms with Crippen LogP contribution in [0.1, 0.15) is 22.8 Å². The van der Waals surface area contributed by atoms with Crippen LogP contribution in [0, 0.1) is 0 Å². The van der Waals surface area contributed by atoms with Gasteiger partial charge in [0.15, 0.2) is 0 Å². The fourth-order valence-corrected chi connectivity index (χ4v) is 3.94. The van der Waals surface area contributed by atoms with Crippen molar-refractivity contribution in [1.29, 1.82) is 0 Å². The third-order valence-corrected chi connectivity index (χ3v) is 5.61. The number of carbonyl (C=O) groups is 3. The number of amides is 2. The molecular formula is C23H20ClF3N2O4. The van der Waals surface area contributed by atoms with Crippen LogP contribution < -0.4 is 5.32 Å². The minimum Gasteiger partial charge on any atom is -0.466 e. The summed E-state index contributed by atoms with van der Waals surface area (Å²) in [6, 6.07) is 14.0. The SMILES string of the molecule is COC(=O)C1=C(C)N(CCc2ccccc2)C(=O)C1(NC(=O)c1cccc(Cl)c1)C(F)(F)F. The molecule has 1 aliphatic heterocycles. The molecule has 174 valence electrons. The van der Waals surface area contributed by atoms with Crippen LogP contribution in [0.4, 0.5) is 13.2 Å². The molecule has 3 rings (SSSR count). The molecule has 33 heavy (non-hydrogen) atoms. The first-order valence-corrected chi connectivity index (χ1v) is 10.2. The van der Waals surface area contributed by atoms with Crippen LogP contribution in [0.15, 0.2) is 65.9 Å². The molecule has 0 saturated carbocycles. The topological polar surface area (TPSA) is 75.7 Å². The predicted molar refractivity (Wildman–Crippen MR) is 114 cm³/mol. The van der Waals surface area contributed by atoms with E-state index >= 15 is 0 Å². The number of esters is 1. The number of rotatable bonds is 6. The third-order valence-electron chi connectivity index (χ3n) is 5.38. The molecule has 2 amide bonds. The van der Waals surface area contributed by atoms with E-state index in [1.54, 1.807) is 35.6 Å². The zero-order valence-electron chi connectivity index (χ0n) is 17.7. The number of nitrogens with zero attached hydrogens (tertiary/aromatic N) is 1. The second kappa shape index (κ2) is 9.27. The van der Waals surface area contributed by atoms with Crippen LogP contribution in [0.25, 0.3) is 0 Å². The van der Waals surface area contributed by atoms with Gasteiger partial charge in [-0.3, -0.25) is 9.59 Å². The van der Waals surface area contributed by atoms with Gasteiger partial charge in [0.2, 0.25) is 0 Å². The Morgan fingerprint density at radius 3 is 2.36 bits per heavy atom. The molecule has 1 atom stereocenters. The van der Waals surface area contributed by atoms with Crippen molar-refractivity contribution in [2.75, 3.05) is 13.7 Å². The van der Waals surface area contributed by atoms with Crippen molar-refractivity contribution in [3.8, 4) is 0 Å². The quantitative estimate of drug-likeness (QED) is 0.636. The molecule has 2 aromatic carbocycles. The maximum absolute atomic E-state index is 14.5. The Bertz CT molecular complexity index is 1120. The van der Waals surface area contributed by atoms with Gasteiger partial charge in [0.1, 0.15) is 5.57 Å². The van der Waals surface area contributed by atoms with Crippen LogP contribution in [0.2, 0.25) is 5.02 Å². The summed E-state index contributed by atoms with van der Waals surface area (Å²) in [6.07, 6.45) is -5.11. The molecule has 1 heterocycles. The highest BCUT2D eigenvalue weighted by molar-refractivity contribution is 6.31. The number of nitrogens with one attached hydrogen (secondary N) is 1. The van der Waals surface area contributed by atoms with Crippen molar-refractivity contribution in [2.45, 2.75) is 25.1 Å². The summed E-state index contributed by atoms with van der Waals surface area (Å²) >= 11 is 5.85. The molecule has 1 unspecified atom stereocenters. The van der Waals surface area contributed by atoms with Gasteiger partial charge in [-0.1, -0.05) is 48.0 Å². The van der Waals surface area contributed by atoms with Crippen LogP contribution in [-0.2, 0) is 20.7 Å². The minimum atomic E-state index is -5.34. The Morgan fingerprint density at radius 1 is 1.12 bits per heavy atom. The minimum absolute atomic E-state index is 0.117. The molecule has 0 saturated heterocycles. The van der Waals surface area contributed by atoms with E-state index < -0.39 is 35.1 Å². The normalized spacial score (nSPS) is 18.5. The zero-order valence-corrected chi connectivity index (χ0v) is 18.5. The molecule has 0 aliphatic carbocycles. The monoisotopic (exact) mass is 480 g/mol. The van der Waals surface area contributed by atoms with Gasteiger partial charge in [0.05, 0.1) is 7.11 Å². The summed E-state index contributed by atoms with van der Waals surface area (Å²) in [5.41, 5.74) is -4.26. The summed E-state index contributed by atoms with van der Waals surface area (Å²) in [5, 5.41) is 1.89. The van der Waals surface area contributed by atoms with Crippen LogP contribution in [0.3, 0.4) is 0 Å². The second-order valence-corrected chi connectivity index (χ2v) is 7.79. The van der Waals surface area contributed by atoms with Crippen LogP contribution in [0.5, 0.6) is 0 Å². The third kappa shape index (κ3) is 4.45. The fourth-order valence-electron chi connectivity index (χ4n) is 3.75. The highest BCUT2D eigenvalue weighted by atomic mass is 35.5. The van der Waals surface area contributed by atoms with Crippen LogP contribution >= 0.6 is 11.6 Å². The summed E-state index contributed by atoms with van der Waals surface area (Å²) in [4.78, 5) is 39.4. The van der Waals surface area contributed by atoms with Crippen molar-refractivity contribution >= 4 is 29.4 Å². The first-order valence-electron chi connectivity index (χ1n) is 9.83.